The van der Waals surface area contributed by atoms with Gasteiger partial charge in [-0.05, 0) is 26.3 Å². The highest BCUT2D eigenvalue weighted by atomic mass is 35.5. The Morgan fingerprint density at radius 2 is 2.00 bits per heavy atom. The number of rotatable bonds is 4. The number of alkyl halides is 3. The molecule has 1 aliphatic rings. The molecule has 1 aliphatic carbocycles. The smallest absolute Gasteiger partial charge is 0.344 e. The second-order valence-electron chi connectivity index (χ2n) is 4.97. The second kappa shape index (κ2) is 7.94. The van der Waals surface area contributed by atoms with Gasteiger partial charge in [0.05, 0.1) is 5.92 Å². The molecule has 3 nitrogen and oxygen atoms in total. The van der Waals surface area contributed by atoms with Gasteiger partial charge in [0, 0.05) is 26.1 Å². The average molecular weight is 303 g/mol. The fourth-order valence-corrected chi connectivity index (χ4v) is 2.41. The second-order valence-corrected chi connectivity index (χ2v) is 4.97. The van der Waals surface area contributed by atoms with Crippen molar-refractivity contribution in [3.63, 3.8) is 0 Å². The fraction of sp³-hybridized carbons (Fsp3) is 0.917. The molecular formula is C12H22ClF3N2O. The summed E-state index contributed by atoms with van der Waals surface area (Å²) in [6.45, 7) is 1.18. The first-order valence-electron chi connectivity index (χ1n) is 6.32. The van der Waals surface area contributed by atoms with Crippen LogP contribution >= 0.6 is 12.4 Å². The lowest BCUT2D eigenvalue weighted by molar-refractivity contribution is -0.187. The summed E-state index contributed by atoms with van der Waals surface area (Å²) >= 11 is 0. The highest BCUT2D eigenvalue weighted by Crippen LogP contribution is 2.40. The van der Waals surface area contributed by atoms with Crippen molar-refractivity contribution in [1.82, 2.24) is 10.2 Å². The van der Waals surface area contributed by atoms with Gasteiger partial charge in [0.25, 0.3) is 0 Å². The van der Waals surface area contributed by atoms with Gasteiger partial charge in [0.1, 0.15) is 0 Å². The summed E-state index contributed by atoms with van der Waals surface area (Å²) < 4.78 is 37.9. The third-order valence-electron chi connectivity index (χ3n) is 3.56. The molecule has 1 fully saturated rings. The van der Waals surface area contributed by atoms with Crippen LogP contribution in [-0.4, -0.2) is 44.2 Å². The van der Waals surface area contributed by atoms with Gasteiger partial charge in [0.15, 0.2) is 0 Å². The highest BCUT2D eigenvalue weighted by molar-refractivity contribution is 5.85. The first kappa shape index (κ1) is 18.5. The summed E-state index contributed by atoms with van der Waals surface area (Å²) in [6.07, 6.45) is -2.99. The van der Waals surface area contributed by atoms with Crippen molar-refractivity contribution in [3.05, 3.63) is 0 Å². The summed E-state index contributed by atoms with van der Waals surface area (Å²) in [7, 11) is 3.43. The van der Waals surface area contributed by atoms with Crippen LogP contribution in [0.3, 0.4) is 0 Å². The predicted octanol–water partition coefficient (Wildman–Crippen LogP) is 2.45. The highest BCUT2D eigenvalue weighted by Gasteiger charge is 2.43. The summed E-state index contributed by atoms with van der Waals surface area (Å²) in [4.78, 5) is 13.5. The van der Waals surface area contributed by atoms with E-state index in [9.17, 15) is 18.0 Å². The Hall–Kier alpha value is -0.490. The van der Waals surface area contributed by atoms with E-state index in [2.05, 4.69) is 5.32 Å². The average Bonchev–Trinajstić information content (AvgIpc) is 2.34. The van der Waals surface area contributed by atoms with Crippen molar-refractivity contribution in [3.8, 4) is 0 Å². The van der Waals surface area contributed by atoms with Crippen LogP contribution in [0.15, 0.2) is 0 Å². The van der Waals surface area contributed by atoms with E-state index in [4.69, 9.17) is 0 Å². The lowest BCUT2D eigenvalue weighted by atomic mass is 9.80. The zero-order chi connectivity index (χ0) is 13.8. The number of carbonyl (C=O) groups excluding carboxylic acids is 1. The molecule has 1 amide bonds. The zero-order valence-electron chi connectivity index (χ0n) is 11.3. The zero-order valence-corrected chi connectivity index (χ0v) is 12.1. The fourth-order valence-electron chi connectivity index (χ4n) is 2.41. The van der Waals surface area contributed by atoms with Crippen LogP contribution in [0.25, 0.3) is 0 Å². The molecule has 0 radical (unpaired) electrons. The molecule has 2 unspecified atom stereocenters. The molecule has 114 valence electrons. The molecule has 0 aromatic carbocycles. The molecule has 0 aliphatic heterocycles. The van der Waals surface area contributed by atoms with E-state index in [-0.39, 0.29) is 31.2 Å². The molecule has 1 N–H and O–H groups in total. The minimum Gasteiger partial charge on any atom is -0.344 e. The third-order valence-corrected chi connectivity index (χ3v) is 3.56. The maximum Gasteiger partial charge on any atom is 0.391 e. The molecule has 0 heterocycles. The van der Waals surface area contributed by atoms with Crippen molar-refractivity contribution >= 4 is 18.3 Å². The van der Waals surface area contributed by atoms with Gasteiger partial charge < -0.3 is 10.2 Å². The van der Waals surface area contributed by atoms with Gasteiger partial charge in [-0.15, -0.1) is 12.4 Å². The number of nitrogens with one attached hydrogen (secondary N) is 1. The number of hydrogen-bond acceptors (Lipinski definition) is 2. The third kappa shape index (κ3) is 5.57. The molecule has 0 bridgehead atoms. The van der Waals surface area contributed by atoms with E-state index < -0.39 is 18.0 Å². The van der Waals surface area contributed by atoms with E-state index >= 15 is 0 Å². The van der Waals surface area contributed by atoms with Gasteiger partial charge in [0.2, 0.25) is 5.91 Å². The van der Waals surface area contributed by atoms with E-state index in [0.717, 1.165) is 0 Å². The molecule has 1 saturated carbocycles. The lowest BCUT2D eigenvalue weighted by Crippen LogP contribution is -2.40. The number of likely N-dealkylation sites (N-methyl/N-ethyl adjacent to an activating group) is 2. The lowest BCUT2D eigenvalue weighted by Gasteiger charge is -2.32. The standard InChI is InChI=1S/C12H21F3N2O.ClH/c1-16-6-7-17(2)11(18)9-4-3-5-10(8-9)12(13,14)15;/h9-10,16H,3-8H2,1-2H3;1H. The van der Waals surface area contributed by atoms with Crippen molar-refractivity contribution in [1.29, 1.82) is 0 Å². The van der Waals surface area contributed by atoms with Crippen LogP contribution in [0.1, 0.15) is 25.7 Å². The molecule has 19 heavy (non-hydrogen) atoms. The normalized spacial score (nSPS) is 23.6. The molecule has 0 saturated heterocycles. The van der Waals surface area contributed by atoms with Crippen LogP contribution in [0.5, 0.6) is 0 Å². The Morgan fingerprint density at radius 1 is 1.37 bits per heavy atom. The Kier molecular flexibility index (Phi) is 7.74. The molecule has 0 aromatic rings. The van der Waals surface area contributed by atoms with Crippen molar-refractivity contribution in [2.45, 2.75) is 31.9 Å². The van der Waals surface area contributed by atoms with E-state index in [0.29, 0.717) is 25.9 Å². The maximum atomic E-state index is 12.6. The molecule has 0 aromatic heterocycles. The summed E-state index contributed by atoms with van der Waals surface area (Å²) in [5, 5.41) is 2.92. The number of hydrogen-bond donors (Lipinski definition) is 1. The van der Waals surface area contributed by atoms with Crippen LogP contribution in [0.2, 0.25) is 0 Å². The van der Waals surface area contributed by atoms with Crippen molar-refractivity contribution < 1.29 is 18.0 Å². The van der Waals surface area contributed by atoms with Crippen molar-refractivity contribution in [2.75, 3.05) is 27.2 Å². The quantitative estimate of drug-likeness (QED) is 0.865. The summed E-state index contributed by atoms with van der Waals surface area (Å²) in [5.74, 6) is -1.93. The molecule has 1 rings (SSSR count). The van der Waals surface area contributed by atoms with E-state index in [1.54, 1.807) is 14.1 Å². The molecule has 2 atom stereocenters. The SMILES string of the molecule is CNCCN(C)C(=O)C1CCCC(C(F)(F)F)C1.Cl. The van der Waals surface area contributed by atoms with Gasteiger partial charge >= 0.3 is 6.18 Å². The monoisotopic (exact) mass is 302 g/mol. The molecular weight excluding hydrogens is 281 g/mol. The Morgan fingerprint density at radius 3 is 2.53 bits per heavy atom. The van der Waals surface area contributed by atoms with Crippen molar-refractivity contribution in [2.24, 2.45) is 11.8 Å². The first-order valence-corrected chi connectivity index (χ1v) is 6.32. The van der Waals surface area contributed by atoms with E-state index in [1.165, 1.54) is 4.90 Å². The Balaban J connectivity index is 0.00000324. The summed E-state index contributed by atoms with van der Waals surface area (Å²) in [6, 6.07) is 0. The predicted molar refractivity (Wildman–Crippen MR) is 70.3 cm³/mol. The first-order chi connectivity index (χ1) is 8.36. The van der Waals surface area contributed by atoms with Crippen LogP contribution < -0.4 is 5.32 Å². The number of nitrogens with zero attached hydrogens (tertiary/aromatic N) is 1. The van der Waals surface area contributed by atoms with Crippen LogP contribution in [-0.2, 0) is 4.79 Å². The minimum atomic E-state index is -4.16. The van der Waals surface area contributed by atoms with E-state index in [1.807, 2.05) is 0 Å². The van der Waals surface area contributed by atoms with Gasteiger partial charge in [-0.3, -0.25) is 4.79 Å². The van der Waals surface area contributed by atoms with Gasteiger partial charge in [-0.2, -0.15) is 13.2 Å². The van der Waals surface area contributed by atoms with Crippen LogP contribution in [0.4, 0.5) is 13.2 Å². The Labute approximate surface area is 118 Å². The summed E-state index contributed by atoms with van der Waals surface area (Å²) in [5.41, 5.74) is 0. The van der Waals surface area contributed by atoms with Gasteiger partial charge in [-0.25, -0.2) is 0 Å². The maximum absolute atomic E-state index is 12.6. The number of halogens is 4. The molecule has 0 spiro atoms. The molecule has 7 heteroatoms. The number of amides is 1. The van der Waals surface area contributed by atoms with Gasteiger partial charge in [-0.1, -0.05) is 6.42 Å². The topological polar surface area (TPSA) is 32.3 Å². The Bertz CT molecular complexity index is 287. The number of carbonyl (C=O) groups is 1. The minimum absolute atomic E-state index is 0. The van der Waals surface area contributed by atoms with Crippen LogP contribution in [0, 0.1) is 11.8 Å². The largest absolute Gasteiger partial charge is 0.391 e.